The molecule has 2 rings (SSSR count). The summed E-state index contributed by atoms with van der Waals surface area (Å²) in [6.45, 7) is 4.10. The molecule has 1 heterocycles. The van der Waals surface area contributed by atoms with Gasteiger partial charge in [0.05, 0.1) is 5.52 Å². The number of carbonyl (C=O) groups excluding carboxylic acids is 1. The molecule has 0 saturated carbocycles. The largest absolute Gasteiger partial charge is 0.293 e. The maximum absolute atomic E-state index is 11.1. The quantitative estimate of drug-likeness (QED) is 0.424. The van der Waals surface area contributed by atoms with Crippen LogP contribution >= 0.6 is 0 Å². The van der Waals surface area contributed by atoms with E-state index in [1.54, 1.807) is 0 Å². The van der Waals surface area contributed by atoms with Gasteiger partial charge in [0, 0.05) is 0 Å². The Bertz CT molecular complexity index is 545. The second-order valence-corrected chi connectivity index (χ2v) is 3.74. The number of hydrogen-bond donors (Lipinski definition) is 2. The number of aryl methyl sites for hydroxylation is 2. The van der Waals surface area contributed by atoms with Crippen molar-refractivity contribution in [1.29, 1.82) is 0 Å². The molecule has 3 N–H and O–H groups in total. The topological polar surface area (TPSA) is 85.8 Å². The SMILES string of the molecule is Cc1cc2nnn(CC(=O)NN)c2cc1C. The molecule has 0 aliphatic carbocycles. The monoisotopic (exact) mass is 219 g/mol. The molecule has 1 aromatic carbocycles. The van der Waals surface area contributed by atoms with E-state index in [1.807, 2.05) is 26.0 Å². The molecule has 6 heteroatoms. The zero-order valence-corrected chi connectivity index (χ0v) is 9.19. The zero-order valence-electron chi connectivity index (χ0n) is 9.19. The summed E-state index contributed by atoms with van der Waals surface area (Å²) in [5.41, 5.74) is 5.99. The Morgan fingerprint density at radius 1 is 1.44 bits per heavy atom. The third-order valence-corrected chi connectivity index (χ3v) is 2.58. The summed E-state index contributed by atoms with van der Waals surface area (Å²) in [6, 6.07) is 3.92. The van der Waals surface area contributed by atoms with Crippen molar-refractivity contribution in [2.75, 3.05) is 0 Å². The van der Waals surface area contributed by atoms with Crippen LogP contribution in [-0.2, 0) is 11.3 Å². The molecular formula is C10H13N5O. The molecule has 0 unspecified atom stereocenters. The van der Waals surface area contributed by atoms with Gasteiger partial charge >= 0.3 is 0 Å². The van der Waals surface area contributed by atoms with Crippen LogP contribution in [0.15, 0.2) is 12.1 Å². The fraction of sp³-hybridized carbons (Fsp3) is 0.300. The van der Waals surface area contributed by atoms with E-state index in [9.17, 15) is 4.79 Å². The molecule has 0 aliphatic heterocycles. The second kappa shape index (κ2) is 3.90. The maximum Gasteiger partial charge on any atom is 0.255 e. The number of amides is 1. The highest BCUT2D eigenvalue weighted by molar-refractivity contribution is 5.80. The van der Waals surface area contributed by atoms with Crippen molar-refractivity contribution in [2.24, 2.45) is 5.84 Å². The lowest BCUT2D eigenvalue weighted by Crippen LogP contribution is -2.33. The lowest BCUT2D eigenvalue weighted by atomic mass is 10.1. The first kappa shape index (κ1) is 10.6. The van der Waals surface area contributed by atoms with Crippen LogP contribution in [0.25, 0.3) is 11.0 Å². The fourth-order valence-corrected chi connectivity index (χ4v) is 1.52. The van der Waals surface area contributed by atoms with Crippen LogP contribution in [0.1, 0.15) is 11.1 Å². The standard InChI is InChI=1S/C10H13N5O/c1-6-3-8-9(4-7(6)2)15(14-13-8)5-10(16)12-11/h3-4H,5,11H2,1-2H3,(H,12,16). The van der Waals surface area contributed by atoms with E-state index in [0.29, 0.717) is 0 Å². The number of hydrogen-bond acceptors (Lipinski definition) is 4. The Labute approximate surface area is 92.4 Å². The molecule has 0 spiro atoms. The number of rotatable bonds is 2. The molecule has 1 amide bonds. The predicted octanol–water partition coefficient (Wildman–Crippen LogP) is 0.0380. The lowest BCUT2D eigenvalue weighted by Gasteiger charge is -2.02. The number of benzene rings is 1. The van der Waals surface area contributed by atoms with Gasteiger partial charge in [0.2, 0.25) is 0 Å². The first-order valence-corrected chi connectivity index (χ1v) is 4.91. The third kappa shape index (κ3) is 1.74. The van der Waals surface area contributed by atoms with Gasteiger partial charge in [0.1, 0.15) is 12.1 Å². The average Bonchev–Trinajstić information content (AvgIpc) is 2.62. The van der Waals surface area contributed by atoms with Crippen molar-refractivity contribution in [1.82, 2.24) is 20.4 Å². The van der Waals surface area contributed by atoms with Crippen molar-refractivity contribution >= 4 is 16.9 Å². The van der Waals surface area contributed by atoms with Crippen molar-refractivity contribution in [3.63, 3.8) is 0 Å². The fourth-order valence-electron chi connectivity index (χ4n) is 1.52. The highest BCUT2D eigenvalue weighted by atomic mass is 16.2. The smallest absolute Gasteiger partial charge is 0.255 e. The minimum Gasteiger partial charge on any atom is -0.293 e. The van der Waals surface area contributed by atoms with Gasteiger partial charge in [-0.2, -0.15) is 0 Å². The van der Waals surface area contributed by atoms with Crippen molar-refractivity contribution in [3.05, 3.63) is 23.3 Å². The van der Waals surface area contributed by atoms with E-state index < -0.39 is 0 Å². The predicted molar refractivity (Wildman–Crippen MR) is 59.3 cm³/mol. The van der Waals surface area contributed by atoms with E-state index in [-0.39, 0.29) is 12.5 Å². The maximum atomic E-state index is 11.1. The number of nitrogens with zero attached hydrogens (tertiary/aromatic N) is 3. The summed E-state index contributed by atoms with van der Waals surface area (Å²) in [5, 5.41) is 7.92. The number of hydrazine groups is 1. The van der Waals surface area contributed by atoms with Gasteiger partial charge in [-0.1, -0.05) is 5.21 Å². The van der Waals surface area contributed by atoms with E-state index in [2.05, 4.69) is 15.7 Å². The van der Waals surface area contributed by atoms with E-state index in [0.717, 1.165) is 22.2 Å². The van der Waals surface area contributed by atoms with Crippen LogP contribution in [0.4, 0.5) is 0 Å². The van der Waals surface area contributed by atoms with E-state index in [1.165, 1.54) is 4.68 Å². The molecular weight excluding hydrogens is 206 g/mol. The Morgan fingerprint density at radius 2 is 2.12 bits per heavy atom. The van der Waals surface area contributed by atoms with Gasteiger partial charge in [-0.15, -0.1) is 5.10 Å². The van der Waals surface area contributed by atoms with E-state index in [4.69, 9.17) is 5.84 Å². The molecule has 2 aromatic rings. The first-order valence-electron chi connectivity index (χ1n) is 4.91. The van der Waals surface area contributed by atoms with Crippen LogP contribution in [0.5, 0.6) is 0 Å². The van der Waals surface area contributed by atoms with Gasteiger partial charge in [-0.3, -0.25) is 10.2 Å². The summed E-state index contributed by atoms with van der Waals surface area (Å²) in [5.74, 6) is 4.72. The highest BCUT2D eigenvalue weighted by Crippen LogP contribution is 2.16. The Morgan fingerprint density at radius 3 is 2.81 bits per heavy atom. The van der Waals surface area contributed by atoms with Crippen LogP contribution in [-0.4, -0.2) is 20.9 Å². The number of carbonyl (C=O) groups is 1. The lowest BCUT2D eigenvalue weighted by molar-refractivity contribution is -0.121. The minimum absolute atomic E-state index is 0.0789. The third-order valence-electron chi connectivity index (χ3n) is 2.58. The summed E-state index contributed by atoms with van der Waals surface area (Å²) in [6.07, 6.45) is 0. The van der Waals surface area contributed by atoms with Crippen LogP contribution < -0.4 is 11.3 Å². The van der Waals surface area contributed by atoms with Gasteiger partial charge in [-0.25, -0.2) is 10.5 Å². The zero-order chi connectivity index (χ0) is 11.7. The molecule has 0 atom stereocenters. The molecule has 0 fully saturated rings. The molecule has 16 heavy (non-hydrogen) atoms. The van der Waals surface area contributed by atoms with Gasteiger partial charge in [-0.05, 0) is 37.1 Å². The summed E-state index contributed by atoms with van der Waals surface area (Å²) < 4.78 is 1.53. The van der Waals surface area contributed by atoms with Crippen LogP contribution in [0, 0.1) is 13.8 Å². The van der Waals surface area contributed by atoms with Crippen molar-refractivity contribution in [3.8, 4) is 0 Å². The molecule has 0 radical (unpaired) electrons. The summed E-state index contributed by atoms with van der Waals surface area (Å²) in [4.78, 5) is 11.1. The molecule has 1 aromatic heterocycles. The Kier molecular flexibility index (Phi) is 2.57. The number of fused-ring (bicyclic) bond motifs is 1. The van der Waals surface area contributed by atoms with Gasteiger partial charge < -0.3 is 0 Å². The Hall–Kier alpha value is -1.95. The van der Waals surface area contributed by atoms with Crippen LogP contribution in [0.3, 0.4) is 0 Å². The molecule has 0 aliphatic rings. The summed E-state index contributed by atoms with van der Waals surface area (Å²) in [7, 11) is 0. The number of nitrogens with two attached hydrogens (primary N) is 1. The second-order valence-electron chi connectivity index (χ2n) is 3.74. The van der Waals surface area contributed by atoms with Crippen LogP contribution in [0.2, 0.25) is 0 Å². The van der Waals surface area contributed by atoms with Crippen molar-refractivity contribution < 1.29 is 4.79 Å². The normalized spacial score (nSPS) is 10.7. The molecule has 0 saturated heterocycles. The van der Waals surface area contributed by atoms with E-state index >= 15 is 0 Å². The van der Waals surface area contributed by atoms with Gasteiger partial charge in [0.25, 0.3) is 5.91 Å². The average molecular weight is 219 g/mol. The Balaban J connectivity index is 2.48. The number of aromatic nitrogens is 3. The molecule has 0 bridgehead atoms. The summed E-state index contributed by atoms with van der Waals surface area (Å²) >= 11 is 0. The first-order chi connectivity index (χ1) is 7.61. The molecule has 84 valence electrons. The number of nitrogens with one attached hydrogen (secondary N) is 1. The van der Waals surface area contributed by atoms with Crippen molar-refractivity contribution in [2.45, 2.75) is 20.4 Å². The molecule has 6 nitrogen and oxygen atoms in total. The van der Waals surface area contributed by atoms with Gasteiger partial charge in [0.15, 0.2) is 0 Å². The minimum atomic E-state index is -0.301. The highest BCUT2D eigenvalue weighted by Gasteiger charge is 2.09.